The molecule has 7 heteroatoms. The Hall–Kier alpha value is -3.74. The predicted molar refractivity (Wildman–Crippen MR) is 120 cm³/mol. The average Bonchev–Trinajstić information content (AvgIpc) is 3.30. The molecule has 1 fully saturated rings. The van der Waals surface area contributed by atoms with E-state index in [1.165, 1.54) is 12.8 Å². The van der Waals surface area contributed by atoms with E-state index < -0.39 is 0 Å². The molecule has 3 aromatic heterocycles. The van der Waals surface area contributed by atoms with E-state index in [0.717, 1.165) is 34.6 Å². The molecule has 4 aromatic rings. The maximum Gasteiger partial charge on any atom is 0.272 e. The van der Waals surface area contributed by atoms with Crippen LogP contribution in [-0.2, 0) is 13.6 Å². The van der Waals surface area contributed by atoms with Crippen LogP contribution in [0, 0.1) is 12.8 Å². The number of nitrogens with one attached hydrogen (secondary N) is 1. The summed E-state index contributed by atoms with van der Waals surface area (Å²) >= 11 is 0. The second-order valence-electron chi connectivity index (χ2n) is 8.17. The number of hydrogen-bond acceptors (Lipinski definition) is 4. The second kappa shape index (κ2) is 7.83. The van der Waals surface area contributed by atoms with Crippen molar-refractivity contribution in [1.29, 1.82) is 0 Å². The lowest BCUT2D eigenvalue weighted by Gasteiger charge is -2.09. The minimum absolute atomic E-state index is 0.107. The van der Waals surface area contributed by atoms with Gasteiger partial charge in [-0.15, -0.1) is 0 Å². The SMILES string of the molecule is Cc1cccc(NC(=O)c2cc(-c3cnc(-c4ccnn4C)nc3)cn2CC2CC2)c1. The van der Waals surface area contributed by atoms with E-state index in [2.05, 4.69) is 25.0 Å². The molecule has 1 amide bonds. The molecule has 0 bridgehead atoms. The second-order valence-corrected chi connectivity index (χ2v) is 8.17. The molecule has 1 aromatic carbocycles. The van der Waals surface area contributed by atoms with Gasteiger partial charge >= 0.3 is 0 Å². The summed E-state index contributed by atoms with van der Waals surface area (Å²) in [5.74, 6) is 1.16. The van der Waals surface area contributed by atoms with Gasteiger partial charge in [-0.05, 0) is 55.5 Å². The third kappa shape index (κ3) is 4.12. The first-order valence-corrected chi connectivity index (χ1v) is 10.5. The van der Waals surface area contributed by atoms with Gasteiger partial charge in [-0.3, -0.25) is 9.48 Å². The van der Waals surface area contributed by atoms with Gasteiger partial charge in [0.05, 0.1) is 0 Å². The van der Waals surface area contributed by atoms with Crippen molar-refractivity contribution < 1.29 is 4.79 Å². The fourth-order valence-corrected chi connectivity index (χ4v) is 3.71. The molecule has 5 rings (SSSR count). The number of carbonyl (C=O) groups excluding carboxylic acids is 1. The molecule has 0 radical (unpaired) electrons. The van der Waals surface area contributed by atoms with Crippen molar-refractivity contribution in [3.63, 3.8) is 0 Å². The van der Waals surface area contributed by atoms with Gasteiger partial charge in [-0.2, -0.15) is 5.10 Å². The zero-order chi connectivity index (χ0) is 21.4. The van der Waals surface area contributed by atoms with Gasteiger partial charge in [-0.1, -0.05) is 12.1 Å². The highest BCUT2D eigenvalue weighted by Gasteiger charge is 2.25. The van der Waals surface area contributed by atoms with Crippen molar-refractivity contribution in [2.24, 2.45) is 13.0 Å². The van der Waals surface area contributed by atoms with E-state index in [4.69, 9.17) is 0 Å². The zero-order valence-corrected chi connectivity index (χ0v) is 17.6. The molecule has 0 aliphatic heterocycles. The Kier molecular flexibility index (Phi) is 4.86. The lowest BCUT2D eigenvalue weighted by molar-refractivity contribution is 0.101. The Labute approximate surface area is 180 Å². The first kappa shape index (κ1) is 19.2. The summed E-state index contributed by atoms with van der Waals surface area (Å²) in [6, 6.07) is 11.6. The number of aryl methyl sites for hydroxylation is 2. The van der Waals surface area contributed by atoms with Gasteiger partial charge < -0.3 is 9.88 Å². The van der Waals surface area contributed by atoms with Crippen LogP contribution < -0.4 is 5.32 Å². The first-order chi connectivity index (χ1) is 15.1. The largest absolute Gasteiger partial charge is 0.343 e. The van der Waals surface area contributed by atoms with Crippen LogP contribution in [0.15, 0.2) is 61.2 Å². The molecule has 3 heterocycles. The summed E-state index contributed by atoms with van der Waals surface area (Å²) in [5.41, 5.74) is 5.24. The third-order valence-corrected chi connectivity index (χ3v) is 5.59. The molecule has 31 heavy (non-hydrogen) atoms. The molecular weight excluding hydrogens is 388 g/mol. The Bertz CT molecular complexity index is 1230. The standard InChI is InChI=1S/C24H24N6O/c1-16-4-3-5-20(10-16)28-24(31)22-11-18(15-30(22)14-17-6-7-17)19-12-25-23(26-13-19)21-8-9-27-29(21)2/h3-5,8-13,15,17H,6-7,14H2,1-2H3,(H,28,31). The lowest BCUT2D eigenvalue weighted by atomic mass is 10.2. The van der Waals surface area contributed by atoms with Gasteiger partial charge in [0.1, 0.15) is 11.4 Å². The summed E-state index contributed by atoms with van der Waals surface area (Å²) in [5, 5.41) is 7.20. The highest BCUT2D eigenvalue weighted by molar-refractivity contribution is 6.04. The van der Waals surface area contributed by atoms with Crippen LogP contribution in [0.3, 0.4) is 0 Å². The van der Waals surface area contributed by atoms with Crippen molar-refractivity contribution in [3.05, 3.63) is 72.4 Å². The van der Waals surface area contributed by atoms with Gasteiger partial charge in [0, 0.05) is 55.2 Å². The summed E-state index contributed by atoms with van der Waals surface area (Å²) in [6.45, 7) is 2.86. The Morgan fingerprint density at radius 2 is 1.94 bits per heavy atom. The van der Waals surface area contributed by atoms with Gasteiger partial charge in [0.2, 0.25) is 0 Å². The maximum absolute atomic E-state index is 13.1. The van der Waals surface area contributed by atoms with Crippen LogP contribution in [0.25, 0.3) is 22.6 Å². The summed E-state index contributed by atoms with van der Waals surface area (Å²) in [4.78, 5) is 22.1. The predicted octanol–water partition coefficient (Wildman–Crippen LogP) is 4.32. The van der Waals surface area contributed by atoms with Crippen molar-refractivity contribution >= 4 is 11.6 Å². The van der Waals surface area contributed by atoms with Crippen LogP contribution in [0.2, 0.25) is 0 Å². The van der Waals surface area contributed by atoms with Crippen LogP contribution in [0.4, 0.5) is 5.69 Å². The molecule has 0 atom stereocenters. The smallest absolute Gasteiger partial charge is 0.272 e. The van der Waals surface area contributed by atoms with E-state index in [0.29, 0.717) is 17.4 Å². The zero-order valence-electron chi connectivity index (χ0n) is 17.6. The Balaban J connectivity index is 1.43. The number of anilines is 1. The Morgan fingerprint density at radius 1 is 1.13 bits per heavy atom. The molecule has 7 nitrogen and oxygen atoms in total. The number of nitrogens with zero attached hydrogens (tertiary/aromatic N) is 5. The number of aromatic nitrogens is 5. The maximum atomic E-state index is 13.1. The number of carbonyl (C=O) groups is 1. The van der Waals surface area contributed by atoms with Crippen molar-refractivity contribution in [2.75, 3.05) is 5.32 Å². The van der Waals surface area contributed by atoms with Crippen LogP contribution in [0.5, 0.6) is 0 Å². The normalized spacial score (nSPS) is 13.4. The fourth-order valence-electron chi connectivity index (χ4n) is 3.71. The lowest BCUT2D eigenvalue weighted by Crippen LogP contribution is -2.17. The third-order valence-electron chi connectivity index (χ3n) is 5.59. The molecule has 1 saturated carbocycles. The van der Waals surface area contributed by atoms with E-state index in [9.17, 15) is 4.79 Å². The quantitative estimate of drug-likeness (QED) is 0.512. The fraction of sp³-hybridized carbons (Fsp3) is 0.250. The molecule has 1 aliphatic carbocycles. The molecular formula is C24H24N6O. The molecule has 1 N–H and O–H groups in total. The summed E-state index contributed by atoms with van der Waals surface area (Å²) in [6.07, 6.45) is 9.79. The van der Waals surface area contributed by atoms with Crippen molar-refractivity contribution in [3.8, 4) is 22.6 Å². The molecule has 0 unspecified atom stereocenters. The average molecular weight is 412 g/mol. The van der Waals surface area contributed by atoms with Crippen LogP contribution >= 0.6 is 0 Å². The van der Waals surface area contributed by atoms with Crippen molar-refractivity contribution in [1.82, 2.24) is 24.3 Å². The van der Waals surface area contributed by atoms with E-state index in [1.807, 2.05) is 56.6 Å². The van der Waals surface area contributed by atoms with E-state index in [-0.39, 0.29) is 5.91 Å². The van der Waals surface area contributed by atoms with Gasteiger partial charge in [-0.25, -0.2) is 9.97 Å². The highest BCUT2D eigenvalue weighted by Crippen LogP contribution is 2.33. The minimum atomic E-state index is -0.107. The van der Waals surface area contributed by atoms with E-state index >= 15 is 0 Å². The number of amides is 1. The Morgan fingerprint density at radius 3 is 2.61 bits per heavy atom. The monoisotopic (exact) mass is 412 g/mol. The van der Waals surface area contributed by atoms with Crippen LogP contribution in [-0.4, -0.2) is 30.2 Å². The molecule has 156 valence electrons. The summed E-state index contributed by atoms with van der Waals surface area (Å²) in [7, 11) is 1.86. The van der Waals surface area contributed by atoms with Crippen molar-refractivity contribution in [2.45, 2.75) is 26.3 Å². The molecule has 0 spiro atoms. The highest BCUT2D eigenvalue weighted by atomic mass is 16.1. The molecule has 1 aliphatic rings. The first-order valence-electron chi connectivity index (χ1n) is 10.5. The number of rotatable bonds is 6. The van der Waals surface area contributed by atoms with Gasteiger partial charge in [0.15, 0.2) is 5.82 Å². The number of hydrogen-bond donors (Lipinski definition) is 1. The topological polar surface area (TPSA) is 77.6 Å². The molecule has 0 saturated heterocycles. The number of benzene rings is 1. The minimum Gasteiger partial charge on any atom is -0.343 e. The van der Waals surface area contributed by atoms with E-state index in [1.54, 1.807) is 23.3 Å². The summed E-state index contributed by atoms with van der Waals surface area (Å²) < 4.78 is 3.81. The van der Waals surface area contributed by atoms with Crippen LogP contribution in [0.1, 0.15) is 28.9 Å². The van der Waals surface area contributed by atoms with Gasteiger partial charge in [0.25, 0.3) is 5.91 Å².